The summed E-state index contributed by atoms with van der Waals surface area (Å²) in [6.07, 6.45) is 0. The van der Waals surface area contributed by atoms with Crippen molar-refractivity contribution >= 4 is 34.7 Å². The highest BCUT2D eigenvalue weighted by atomic mass is 32.2. The first-order chi connectivity index (χ1) is 14.5. The van der Waals surface area contributed by atoms with Crippen LogP contribution in [-0.2, 0) is 4.79 Å². The van der Waals surface area contributed by atoms with E-state index < -0.39 is 0 Å². The molecule has 2 aromatic heterocycles. The number of rotatable bonds is 6. The van der Waals surface area contributed by atoms with Gasteiger partial charge in [0.05, 0.1) is 34.2 Å². The van der Waals surface area contributed by atoms with Gasteiger partial charge in [0.2, 0.25) is 5.91 Å². The van der Waals surface area contributed by atoms with Gasteiger partial charge in [-0.05, 0) is 50.2 Å². The van der Waals surface area contributed by atoms with Crippen molar-refractivity contribution in [1.29, 1.82) is 0 Å². The lowest BCUT2D eigenvalue weighted by Crippen LogP contribution is -2.15. The summed E-state index contributed by atoms with van der Waals surface area (Å²) in [5.74, 6) is -0.148. The van der Waals surface area contributed by atoms with Crippen LogP contribution in [0.2, 0.25) is 0 Å². The molecule has 5 nitrogen and oxygen atoms in total. The van der Waals surface area contributed by atoms with Crippen molar-refractivity contribution in [1.82, 2.24) is 14.8 Å². The molecule has 0 saturated heterocycles. The van der Waals surface area contributed by atoms with Crippen LogP contribution in [0.3, 0.4) is 0 Å². The van der Waals surface area contributed by atoms with Crippen molar-refractivity contribution in [3.8, 4) is 16.9 Å². The van der Waals surface area contributed by atoms with E-state index in [1.54, 1.807) is 12.1 Å². The standard InChI is InChI=1S/C22H19FN4OS2/c1-14-21(15(2)27(26-14)18-6-4-3-5-7-18)25-20(28)13-30-22-24-19(12-29-22)16-8-10-17(23)11-9-16/h3-12H,13H2,1-2H3,(H,25,28). The van der Waals surface area contributed by atoms with E-state index in [1.165, 1.54) is 35.2 Å². The van der Waals surface area contributed by atoms with E-state index >= 15 is 0 Å². The molecule has 0 spiro atoms. The van der Waals surface area contributed by atoms with E-state index in [1.807, 2.05) is 54.2 Å². The summed E-state index contributed by atoms with van der Waals surface area (Å²) in [5, 5.41) is 9.44. The Balaban J connectivity index is 1.40. The number of carbonyl (C=O) groups is 1. The number of carbonyl (C=O) groups excluding carboxylic acids is 1. The van der Waals surface area contributed by atoms with Gasteiger partial charge in [-0.15, -0.1) is 11.3 Å². The molecule has 0 bridgehead atoms. The number of para-hydroxylation sites is 1. The summed E-state index contributed by atoms with van der Waals surface area (Å²) >= 11 is 2.84. The number of hydrogen-bond donors (Lipinski definition) is 1. The number of amides is 1. The normalized spacial score (nSPS) is 10.9. The van der Waals surface area contributed by atoms with Gasteiger partial charge in [0.1, 0.15) is 5.82 Å². The number of halogens is 1. The third-order valence-corrected chi connectivity index (χ3v) is 6.53. The largest absolute Gasteiger partial charge is 0.322 e. The maximum atomic E-state index is 13.1. The maximum absolute atomic E-state index is 13.1. The average molecular weight is 439 g/mol. The van der Waals surface area contributed by atoms with Crippen molar-refractivity contribution in [3.63, 3.8) is 0 Å². The van der Waals surface area contributed by atoms with E-state index in [4.69, 9.17) is 0 Å². The molecule has 4 rings (SSSR count). The Bertz CT molecular complexity index is 1170. The van der Waals surface area contributed by atoms with Gasteiger partial charge in [0.25, 0.3) is 0 Å². The van der Waals surface area contributed by atoms with Crippen LogP contribution in [-0.4, -0.2) is 26.4 Å². The van der Waals surface area contributed by atoms with Crippen LogP contribution >= 0.6 is 23.1 Å². The predicted octanol–water partition coefficient (Wildman–Crippen LogP) is 5.48. The number of nitrogens with one attached hydrogen (secondary N) is 1. The second kappa shape index (κ2) is 8.81. The zero-order chi connectivity index (χ0) is 21.1. The molecule has 0 fully saturated rings. The highest BCUT2D eigenvalue weighted by molar-refractivity contribution is 8.01. The third-order valence-electron chi connectivity index (χ3n) is 4.51. The van der Waals surface area contributed by atoms with Gasteiger partial charge < -0.3 is 5.32 Å². The van der Waals surface area contributed by atoms with Crippen LogP contribution in [0.5, 0.6) is 0 Å². The third kappa shape index (κ3) is 4.44. The number of aromatic nitrogens is 3. The van der Waals surface area contributed by atoms with Crippen molar-refractivity contribution in [2.75, 3.05) is 11.1 Å². The molecule has 1 amide bonds. The topological polar surface area (TPSA) is 59.8 Å². The summed E-state index contributed by atoms with van der Waals surface area (Å²) in [7, 11) is 0. The molecule has 152 valence electrons. The molecule has 0 aliphatic carbocycles. The Hall–Kier alpha value is -2.97. The minimum Gasteiger partial charge on any atom is -0.322 e. The summed E-state index contributed by atoms with van der Waals surface area (Å²) in [6, 6.07) is 16.0. The molecular weight excluding hydrogens is 419 g/mol. The molecule has 0 saturated carbocycles. The predicted molar refractivity (Wildman–Crippen MR) is 120 cm³/mol. The van der Waals surface area contributed by atoms with Crippen LogP contribution in [0, 0.1) is 19.7 Å². The lowest BCUT2D eigenvalue weighted by Gasteiger charge is -2.06. The van der Waals surface area contributed by atoms with Gasteiger partial charge in [-0.1, -0.05) is 30.0 Å². The molecule has 30 heavy (non-hydrogen) atoms. The molecular formula is C22H19FN4OS2. The summed E-state index contributed by atoms with van der Waals surface area (Å²) in [5.41, 5.74) is 4.95. The van der Waals surface area contributed by atoms with E-state index in [2.05, 4.69) is 15.4 Å². The smallest absolute Gasteiger partial charge is 0.234 e. The maximum Gasteiger partial charge on any atom is 0.234 e. The average Bonchev–Trinajstić information content (AvgIpc) is 3.34. The van der Waals surface area contributed by atoms with Crippen LogP contribution in [0.1, 0.15) is 11.4 Å². The first-order valence-electron chi connectivity index (χ1n) is 9.27. The molecule has 0 unspecified atom stereocenters. The van der Waals surface area contributed by atoms with Gasteiger partial charge in [-0.25, -0.2) is 14.1 Å². The molecule has 0 atom stereocenters. The second-order valence-corrected chi connectivity index (χ2v) is 8.72. The van der Waals surface area contributed by atoms with Crippen molar-refractivity contribution in [3.05, 3.63) is 77.2 Å². The van der Waals surface area contributed by atoms with E-state index in [-0.39, 0.29) is 17.5 Å². The Morgan fingerprint density at radius 3 is 2.60 bits per heavy atom. The number of nitrogens with zero attached hydrogens (tertiary/aromatic N) is 3. The Kier molecular flexibility index (Phi) is 5.96. The zero-order valence-electron chi connectivity index (χ0n) is 16.4. The first kappa shape index (κ1) is 20.3. The molecule has 0 aliphatic rings. The van der Waals surface area contributed by atoms with Gasteiger partial charge in [-0.3, -0.25) is 4.79 Å². The Morgan fingerprint density at radius 1 is 1.13 bits per heavy atom. The lowest BCUT2D eigenvalue weighted by atomic mass is 10.2. The fourth-order valence-electron chi connectivity index (χ4n) is 3.02. The number of thioether (sulfide) groups is 1. The van der Waals surface area contributed by atoms with Crippen LogP contribution in [0.15, 0.2) is 64.3 Å². The lowest BCUT2D eigenvalue weighted by molar-refractivity contribution is -0.113. The molecule has 0 aliphatic heterocycles. The minimum absolute atomic E-state index is 0.114. The summed E-state index contributed by atoms with van der Waals surface area (Å²) < 4.78 is 15.7. The fourth-order valence-corrected chi connectivity index (χ4v) is 4.66. The minimum atomic E-state index is -0.276. The van der Waals surface area contributed by atoms with Crippen molar-refractivity contribution in [2.45, 2.75) is 18.2 Å². The summed E-state index contributed by atoms with van der Waals surface area (Å²) in [6.45, 7) is 3.82. The number of anilines is 1. The monoisotopic (exact) mass is 438 g/mol. The van der Waals surface area contributed by atoms with E-state index in [0.717, 1.165) is 38.4 Å². The van der Waals surface area contributed by atoms with Gasteiger partial charge in [0.15, 0.2) is 4.34 Å². The molecule has 1 N–H and O–H groups in total. The molecule has 8 heteroatoms. The number of benzene rings is 2. The first-order valence-corrected chi connectivity index (χ1v) is 11.1. The molecule has 0 radical (unpaired) electrons. The number of hydrogen-bond acceptors (Lipinski definition) is 5. The second-order valence-electron chi connectivity index (χ2n) is 6.64. The molecule has 2 heterocycles. The van der Waals surface area contributed by atoms with Crippen LogP contribution < -0.4 is 5.32 Å². The Morgan fingerprint density at radius 2 is 1.87 bits per heavy atom. The SMILES string of the molecule is Cc1nn(-c2ccccc2)c(C)c1NC(=O)CSc1nc(-c2ccc(F)cc2)cs1. The van der Waals surface area contributed by atoms with Crippen LogP contribution in [0.4, 0.5) is 10.1 Å². The summed E-state index contributed by atoms with van der Waals surface area (Å²) in [4.78, 5) is 17.0. The van der Waals surface area contributed by atoms with Gasteiger partial charge in [0, 0.05) is 10.9 Å². The van der Waals surface area contributed by atoms with Gasteiger partial charge in [-0.2, -0.15) is 5.10 Å². The fraction of sp³-hybridized carbons (Fsp3) is 0.136. The van der Waals surface area contributed by atoms with Crippen LogP contribution in [0.25, 0.3) is 16.9 Å². The Labute approximate surface area is 182 Å². The van der Waals surface area contributed by atoms with Gasteiger partial charge >= 0.3 is 0 Å². The van der Waals surface area contributed by atoms with E-state index in [9.17, 15) is 9.18 Å². The number of thiazole rings is 1. The zero-order valence-corrected chi connectivity index (χ0v) is 18.1. The molecule has 4 aromatic rings. The van der Waals surface area contributed by atoms with Crippen molar-refractivity contribution in [2.24, 2.45) is 0 Å². The van der Waals surface area contributed by atoms with Crippen molar-refractivity contribution < 1.29 is 9.18 Å². The number of aryl methyl sites for hydroxylation is 1. The quantitative estimate of drug-likeness (QED) is 0.405. The highest BCUT2D eigenvalue weighted by Crippen LogP contribution is 2.29. The molecule has 2 aromatic carbocycles. The highest BCUT2D eigenvalue weighted by Gasteiger charge is 2.16. The van der Waals surface area contributed by atoms with E-state index in [0.29, 0.717) is 0 Å².